The van der Waals surface area contributed by atoms with Gasteiger partial charge in [0.05, 0.1) is 11.1 Å². The van der Waals surface area contributed by atoms with E-state index in [1.54, 1.807) is 31.3 Å². The molecular formula is C19H20N2O4. The summed E-state index contributed by atoms with van der Waals surface area (Å²) in [6.07, 6.45) is 4.21. The van der Waals surface area contributed by atoms with E-state index >= 15 is 0 Å². The van der Waals surface area contributed by atoms with Crippen LogP contribution in [0.1, 0.15) is 46.3 Å². The van der Waals surface area contributed by atoms with Crippen LogP contribution in [0.2, 0.25) is 0 Å². The molecule has 6 heteroatoms. The van der Waals surface area contributed by atoms with Crippen molar-refractivity contribution in [2.24, 2.45) is 0 Å². The largest absolute Gasteiger partial charge is 0.478 e. The number of carbonyl (C=O) groups is 2. The number of aromatic carboxylic acids is 1. The zero-order chi connectivity index (χ0) is 18.0. The lowest BCUT2D eigenvalue weighted by molar-refractivity contribution is -0.122. The zero-order valence-corrected chi connectivity index (χ0v) is 14.0. The Kier molecular flexibility index (Phi) is 4.44. The van der Waals surface area contributed by atoms with E-state index < -0.39 is 5.97 Å². The van der Waals surface area contributed by atoms with Crippen molar-refractivity contribution in [1.82, 2.24) is 10.3 Å². The standard InChI is InChI=1S/C19H20N2O4/c1-12-10-14(4-5-15(12)18(24)25)19(8-9-19)21-17(23)7-3-13-2-6-16(22)20-11-13/h2,4-6,10-11H,3,7-9H2,1H3,(H,20,22)(H,21,23)(H,24,25). The highest BCUT2D eigenvalue weighted by atomic mass is 16.4. The first-order valence-electron chi connectivity index (χ1n) is 8.23. The van der Waals surface area contributed by atoms with Crippen LogP contribution in [0.15, 0.2) is 41.3 Å². The molecule has 1 amide bonds. The molecule has 3 rings (SSSR count). The van der Waals surface area contributed by atoms with Crippen LogP contribution in [0.5, 0.6) is 0 Å². The maximum atomic E-state index is 12.3. The number of H-pyrrole nitrogens is 1. The predicted octanol–water partition coefficient (Wildman–Crippen LogP) is 2.12. The lowest BCUT2D eigenvalue weighted by Gasteiger charge is -2.19. The van der Waals surface area contributed by atoms with Gasteiger partial charge in [-0.25, -0.2) is 4.79 Å². The van der Waals surface area contributed by atoms with Crippen LogP contribution in [0.3, 0.4) is 0 Å². The van der Waals surface area contributed by atoms with Crippen LogP contribution < -0.4 is 10.9 Å². The first-order valence-corrected chi connectivity index (χ1v) is 8.23. The summed E-state index contributed by atoms with van der Waals surface area (Å²) in [6.45, 7) is 1.76. The van der Waals surface area contributed by atoms with Gasteiger partial charge in [-0.1, -0.05) is 18.2 Å². The number of aromatic amines is 1. The molecule has 2 aromatic rings. The predicted molar refractivity (Wildman–Crippen MR) is 92.6 cm³/mol. The summed E-state index contributed by atoms with van der Waals surface area (Å²) in [5.74, 6) is -0.998. The number of carboxylic acids is 1. The normalized spacial score (nSPS) is 14.8. The van der Waals surface area contributed by atoms with Crippen LogP contribution in [0.25, 0.3) is 0 Å². The lowest BCUT2D eigenvalue weighted by Crippen LogP contribution is -2.35. The average Bonchev–Trinajstić information content (AvgIpc) is 3.34. The molecular weight excluding hydrogens is 320 g/mol. The fourth-order valence-electron chi connectivity index (χ4n) is 3.00. The second-order valence-corrected chi connectivity index (χ2v) is 6.53. The Morgan fingerprint density at radius 1 is 1.24 bits per heavy atom. The zero-order valence-electron chi connectivity index (χ0n) is 14.0. The lowest BCUT2D eigenvalue weighted by atomic mass is 9.98. The maximum Gasteiger partial charge on any atom is 0.335 e. The molecule has 1 aromatic carbocycles. The molecule has 1 aliphatic carbocycles. The number of benzene rings is 1. The van der Waals surface area contributed by atoms with E-state index in [1.165, 1.54) is 6.07 Å². The number of hydrogen-bond donors (Lipinski definition) is 3. The quantitative estimate of drug-likeness (QED) is 0.750. The Hall–Kier alpha value is -2.89. The molecule has 6 nitrogen and oxygen atoms in total. The van der Waals surface area contributed by atoms with Gasteiger partial charge in [-0.2, -0.15) is 0 Å². The molecule has 0 aliphatic heterocycles. The van der Waals surface area contributed by atoms with E-state index in [1.807, 2.05) is 6.07 Å². The minimum atomic E-state index is -0.946. The number of pyridine rings is 1. The smallest absolute Gasteiger partial charge is 0.335 e. The third-order valence-electron chi connectivity index (χ3n) is 4.63. The van der Waals surface area contributed by atoms with Crippen molar-refractivity contribution >= 4 is 11.9 Å². The summed E-state index contributed by atoms with van der Waals surface area (Å²) >= 11 is 0. The van der Waals surface area contributed by atoms with Gasteiger partial charge in [0.15, 0.2) is 0 Å². The summed E-state index contributed by atoms with van der Waals surface area (Å²) in [5.41, 5.74) is 2.30. The fraction of sp³-hybridized carbons (Fsp3) is 0.316. The first-order chi connectivity index (χ1) is 11.9. The Balaban J connectivity index is 1.64. The van der Waals surface area contributed by atoms with Crippen molar-refractivity contribution in [2.75, 3.05) is 0 Å². The third-order valence-corrected chi connectivity index (χ3v) is 4.63. The van der Waals surface area contributed by atoms with Crippen LogP contribution in [-0.2, 0) is 16.8 Å². The number of aromatic nitrogens is 1. The van der Waals surface area contributed by atoms with Crippen LogP contribution in [0, 0.1) is 6.92 Å². The Morgan fingerprint density at radius 2 is 2.00 bits per heavy atom. The molecule has 1 saturated carbocycles. The van der Waals surface area contributed by atoms with E-state index in [2.05, 4.69) is 10.3 Å². The molecule has 1 heterocycles. The van der Waals surface area contributed by atoms with Crippen LogP contribution >= 0.6 is 0 Å². The van der Waals surface area contributed by atoms with E-state index in [-0.39, 0.29) is 22.6 Å². The number of amides is 1. The minimum absolute atomic E-state index is 0.0522. The number of carboxylic acid groups (broad SMARTS) is 1. The monoisotopic (exact) mass is 340 g/mol. The van der Waals surface area contributed by atoms with E-state index in [9.17, 15) is 14.4 Å². The van der Waals surface area contributed by atoms with Gasteiger partial charge in [-0.3, -0.25) is 9.59 Å². The Labute approximate surface area is 144 Å². The van der Waals surface area contributed by atoms with Crippen molar-refractivity contribution in [3.8, 4) is 0 Å². The summed E-state index contributed by atoms with van der Waals surface area (Å²) in [7, 11) is 0. The Morgan fingerprint density at radius 3 is 2.56 bits per heavy atom. The molecule has 3 N–H and O–H groups in total. The van der Waals surface area contributed by atoms with Gasteiger partial charge in [0.25, 0.3) is 0 Å². The third kappa shape index (κ3) is 3.79. The van der Waals surface area contributed by atoms with Gasteiger partial charge in [-0.15, -0.1) is 0 Å². The van der Waals surface area contributed by atoms with Gasteiger partial charge >= 0.3 is 5.97 Å². The Bertz CT molecular complexity index is 861. The second-order valence-electron chi connectivity index (χ2n) is 6.53. The van der Waals surface area contributed by atoms with Crippen molar-refractivity contribution < 1.29 is 14.7 Å². The molecule has 0 unspecified atom stereocenters. The summed E-state index contributed by atoms with van der Waals surface area (Å²) < 4.78 is 0. The maximum absolute atomic E-state index is 12.3. The molecule has 0 spiro atoms. The number of rotatable bonds is 6. The summed E-state index contributed by atoms with van der Waals surface area (Å²) in [5, 5.41) is 12.2. The highest BCUT2D eigenvalue weighted by Crippen LogP contribution is 2.46. The van der Waals surface area contributed by atoms with Gasteiger partial charge in [0, 0.05) is 18.7 Å². The highest BCUT2D eigenvalue weighted by Gasteiger charge is 2.45. The van der Waals surface area contributed by atoms with Crippen LogP contribution in [-0.4, -0.2) is 22.0 Å². The summed E-state index contributed by atoms with van der Waals surface area (Å²) in [4.78, 5) is 37.1. The molecule has 0 saturated heterocycles. The van der Waals surface area contributed by atoms with Crippen molar-refractivity contribution in [1.29, 1.82) is 0 Å². The van der Waals surface area contributed by atoms with E-state index in [0.29, 0.717) is 18.4 Å². The summed E-state index contributed by atoms with van der Waals surface area (Å²) in [6, 6.07) is 8.39. The minimum Gasteiger partial charge on any atom is -0.478 e. The second kappa shape index (κ2) is 6.55. The number of aryl methyl sites for hydroxylation is 2. The van der Waals surface area contributed by atoms with Gasteiger partial charge in [0.1, 0.15) is 0 Å². The number of carbonyl (C=O) groups excluding carboxylic acids is 1. The molecule has 130 valence electrons. The average molecular weight is 340 g/mol. The molecule has 0 radical (unpaired) electrons. The van der Waals surface area contributed by atoms with Gasteiger partial charge in [0.2, 0.25) is 11.5 Å². The topological polar surface area (TPSA) is 99.3 Å². The van der Waals surface area contributed by atoms with E-state index in [4.69, 9.17) is 5.11 Å². The van der Waals surface area contributed by atoms with Gasteiger partial charge < -0.3 is 15.4 Å². The fourth-order valence-corrected chi connectivity index (χ4v) is 3.00. The first kappa shape index (κ1) is 17.0. The van der Waals surface area contributed by atoms with Gasteiger partial charge in [-0.05, 0) is 48.9 Å². The molecule has 25 heavy (non-hydrogen) atoms. The van der Waals surface area contributed by atoms with Crippen LogP contribution in [0.4, 0.5) is 0 Å². The SMILES string of the molecule is Cc1cc(C2(NC(=O)CCc3ccc(=O)[nH]c3)CC2)ccc1C(=O)O. The van der Waals surface area contributed by atoms with Crippen molar-refractivity contribution in [3.05, 3.63) is 69.1 Å². The molecule has 0 bridgehead atoms. The van der Waals surface area contributed by atoms with Crippen molar-refractivity contribution in [2.45, 2.75) is 38.1 Å². The number of nitrogens with one attached hydrogen (secondary N) is 2. The van der Waals surface area contributed by atoms with Crippen molar-refractivity contribution in [3.63, 3.8) is 0 Å². The number of hydrogen-bond acceptors (Lipinski definition) is 3. The highest BCUT2D eigenvalue weighted by molar-refractivity contribution is 5.89. The molecule has 1 aliphatic rings. The molecule has 0 atom stereocenters. The van der Waals surface area contributed by atoms with E-state index in [0.717, 1.165) is 24.0 Å². The molecule has 1 fully saturated rings. The molecule has 1 aromatic heterocycles.